The molecule has 2 N–H and O–H groups in total. The summed E-state index contributed by atoms with van der Waals surface area (Å²) in [6, 6.07) is 6.51. The van der Waals surface area contributed by atoms with E-state index in [1.807, 2.05) is 0 Å². The van der Waals surface area contributed by atoms with E-state index in [1.165, 1.54) is 0 Å². The summed E-state index contributed by atoms with van der Waals surface area (Å²) in [4.78, 5) is 25.6. The number of hydrogen-bond acceptors (Lipinski definition) is 5. The van der Waals surface area contributed by atoms with Crippen LogP contribution in [0.15, 0.2) is 24.3 Å². The number of hydrogen-bond donors (Lipinski definition) is 2. The number of nitrogens with one attached hydrogen (secondary N) is 1. The highest BCUT2D eigenvalue weighted by Crippen LogP contribution is 2.42. The van der Waals surface area contributed by atoms with Gasteiger partial charge >= 0.3 is 6.03 Å². The van der Waals surface area contributed by atoms with Crippen molar-refractivity contribution in [3.05, 3.63) is 24.3 Å². The Kier molecular flexibility index (Phi) is 4.36. The van der Waals surface area contributed by atoms with Crippen molar-refractivity contribution in [3.8, 4) is 11.5 Å². The molecule has 7 nitrogen and oxygen atoms in total. The van der Waals surface area contributed by atoms with Gasteiger partial charge in [0.25, 0.3) is 5.91 Å². The molecule has 2 fully saturated rings. The predicted molar refractivity (Wildman–Crippen MR) is 85.9 cm³/mol. The number of rotatable bonds is 7. The van der Waals surface area contributed by atoms with E-state index < -0.39 is 17.7 Å². The standard InChI is InChI=1S/C17H22N2O5/c1-17(11-3-4-11)15(21)19(16(22)18-17)9-12(20)10-24-14-7-5-13(23-2)6-8-14/h5-8,11-12,20H,3-4,9-10H2,1-2H3,(H,18,22)/t12-,17+/m1/s1. The number of nitrogens with zero attached hydrogens (tertiary/aromatic N) is 1. The van der Waals surface area contributed by atoms with Crippen LogP contribution < -0.4 is 14.8 Å². The van der Waals surface area contributed by atoms with Gasteiger partial charge in [0.15, 0.2) is 0 Å². The van der Waals surface area contributed by atoms with Gasteiger partial charge in [-0.1, -0.05) is 0 Å². The maximum Gasteiger partial charge on any atom is 0.325 e. The first-order valence-electron chi connectivity index (χ1n) is 8.03. The van der Waals surface area contributed by atoms with Gasteiger partial charge in [0, 0.05) is 0 Å². The molecule has 1 saturated heterocycles. The molecule has 7 heteroatoms. The van der Waals surface area contributed by atoms with Gasteiger partial charge in [0.1, 0.15) is 29.7 Å². The van der Waals surface area contributed by atoms with Crippen LogP contribution in [0.25, 0.3) is 0 Å². The van der Waals surface area contributed by atoms with Crippen molar-refractivity contribution in [3.63, 3.8) is 0 Å². The van der Waals surface area contributed by atoms with Crippen molar-refractivity contribution in [1.82, 2.24) is 10.2 Å². The zero-order chi connectivity index (χ0) is 17.3. The molecule has 0 spiro atoms. The van der Waals surface area contributed by atoms with Crippen LogP contribution in [0.1, 0.15) is 19.8 Å². The molecule has 0 aromatic heterocycles. The first kappa shape index (κ1) is 16.6. The fourth-order valence-corrected chi connectivity index (χ4v) is 2.95. The normalized spacial score (nSPS) is 24.7. The zero-order valence-corrected chi connectivity index (χ0v) is 13.8. The molecule has 2 atom stereocenters. The van der Waals surface area contributed by atoms with Crippen LogP contribution in [0.4, 0.5) is 4.79 Å². The van der Waals surface area contributed by atoms with Gasteiger partial charge in [-0.2, -0.15) is 0 Å². The number of aliphatic hydroxyl groups excluding tert-OH is 1. The Morgan fingerprint density at radius 2 is 1.92 bits per heavy atom. The lowest BCUT2D eigenvalue weighted by Gasteiger charge is -2.22. The summed E-state index contributed by atoms with van der Waals surface area (Å²) in [5.41, 5.74) is -0.826. The lowest BCUT2D eigenvalue weighted by molar-refractivity contribution is -0.132. The van der Waals surface area contributed by atoms with Crippen molar-refractivity contribution in [2.45, 2.75) is 31.4 Å². The Bertz CT molecular complexity index is 628. The van der Waals surface area contributed by atoms with E-state index in [0.717, 1.165) is 17.7 Å². The van der Waals surface area contributed by atoms with E-state index >= 15 is 0 Å². The Morgan fingerprint density at radius 3 is 2.50 bits per heavy atom. The topological polar surface area (TPSA) is 88.1 Å². The summed E-state index contributed by atoms with van der Waals surface area (Å²) < 4.78 is 10.5. The zero-order valence-electron chi connectivity index (χ0n) is 13.8. The highest BCUT2D eigenvalue weighted by atomic mass is 16.5. The minimum absolute atomic E-state index is 0.0104. The molecule has 3 amide bonds. The van der Waals surface area contributed by atoms with Crippen LogP contribution >= 0.6 is 0 Å². The molecule has 1 aromatic rings. The highest BCUT2D eigenvalue weighted by molar-refractivity contribution is 6.07. The Balaban J connectivity index is 1.53. The summed E-state index contributed by atoms with van der Waals surface area (Å²) in [7, 11) is 1.58. The van der Waals surface area contributed by atoms with Crippen LogP contribution in [-0.4, -0.2) is 53.8 Å². The van der Waals surface area contributed by atoms with Crippen molar-refractivity contribution < 1.29 is 24.2 Å². The molecule has 130 valence electrons. The van der Waals surface area contributed by atoms with Crippen LogP contribution in [0.5, 0.6) is 11.5 Å². The summed E-state index contributed by atoms with van der Waals surface area (Å²) in [6.07, 6.45) is 0.933. The lowest BCUT2D eigenvalue weighted by atomic mass is 9.96. The van der Waals surface area contributed by atoms with Crippen LogP contribution in [-0.2, 0) is 4.79 Å². The van der Waals surface area contributed by atoms with Gasteiger partial charge in [-0.3, -0.25) is 9.69 Å². The molecule has 0 unspecified atom stereocenters. The largest absolute Gasteiger partial charge is 0.497 e. The van der Waals surface area contributed by atoms with Gasteiger partial charge < -0.3 is 19.9 Å². The summed E-state index contributed by atoms with van der Waals surface area (Å²) in [5.74, 6) is 1.22. The molecule has 1 saturated carbocycles. The Morgan fingerprint density at radius 1 is 1.29 bits per heavy atom. The van der Waals surface area contributed by atoms with Crippen molar-refractivity contribution in [2.75, 3.05) is 20.3 Å². The number of β-amino-alcohol motifs (C(OH)–C–C–N with tert-alkyl or cyclic N) is 1. The number of ether oxygens (including phenoxy) is 2. The second kappa shape index (κ2) is 6.32. The molecule has 1 aliphatic carbocycles. The molecule has 1 aromatic carbocycles. The summed E-state index contributed by atoms with van der Waals surface area (Å²) in [5, 5.41) is 12.9. The molecule has 1 aliphatic heterocycles. The van der Waals surface area contributed by atoms with E-state index in [1.54, 1.807) is 38.3 Å². The number of benzene rings is 1. The second-order valence-electron chi connectivity index (χ2n) is 6.46. The quantitative estimate of drug-likeness (QED) is 0.731. The number of carbonyl (C=O) groups is 2. The van der Waals surface area contributed by atoms with Crippen LogP contribution in [0.2, 0.25) is 0 Å². The van der Waals surface area contributed by atoms with E-state index in [4.69, 9.17) is 9.47 Å². The van der Waals surface area contributed by atoms with Crippen molar-refractivity contribution in [2.24, 2.45) is 5.92 Å². The molecular formula is C17H22N2O5. The van der Waals surface area contributed by atoms with Gasteiger partial charge in [-0.05, 0) is 49.9 Å². The summed E-state index contributed by atoms with van der Waals surface area (Å²) >= 11 is 0. The molecule has 0 bridgehead atoms. The van der Waals surface area contributed by atoms with Gasteiger partial charge in [0.05, 0.1) is 13.7 Å². The number of methoxy groups -OCH3 is 1. The van der Waals surface area contributed by atoms with Crippen molar-refractivity contribution in [1.29, 1.82) is 0 Å². The van der Waals surface area contributed by atoms with Crippen LogP contribution in [0.3, 0.4) is 0 Å². The predicted octanol–water partition coefficient (Wildman–Crippen LogP) is 1.16. The number of aliphatic hydroxyl groups is 1. The maximum atomic E-state index is 12.5. The monoisotopic (exact) mass is 334 g/mol. The minimum atomic E-state index is -0.955. The van der Waals surface area contributed by atoms with E-state index in [0.29, 0.717) is 11.5 Å². The number of amides is 3. The lowest BCUT2D eigenvalue weighted by Crippen LogP contribution is -2.46. The second-order valence-corrected chi connectivity index (χ2v) is 6.46. The third kappa shape index (κ3) is 3.17. The molecule has 1 heterocycles. The smallest absolute Gasteiger partial charge is 0.325 e. The van der Waals surface area contributed by atoms with Crippen LogP contribution in [0, 0.1) is 5.92 Å². The Labute approximate surface area is 140 Å². The molecule has 0 radical (unpaired) electrons. The minimum Gasteiger partial charge on any atom is -0.497 e. The SMILES string of the molecule is COc1ccc(OC[C@H](O)CN2C(=O)N[C@@](C)(C3CC3)C2=O)cc1. The highest BCUT2D eigenvalue weighted by Gasteiger charge is 2.56. The van der Waals surface area contributed by atoms with E-state index in [2.05, 4.69) is 5.32 Å². The molecule has 3 rings (SSSR count). The molecule has 24 heavy (non-hydrogen) atoms. The number of imide groups is 1. The first-order valence-corrected chi connectivity index (χ1v) is 8.03. The number of carbonyl (C=O) groups excluding carboxylic acids is 2. The van der Waals surface area contributed by atoms with E-state index in [-0.39, 0.29) is 25.0 Å². The fraction of sp³-hybridized carbons (Fsp3) is 0.529. The third-order valence-corrected chi connectivity index (χ3v) is 4.59. The number of urea groups is 1. The van der Waals surface area contributed by atoms with Gasteiger partial charge in [0.2, 0.25) is 0 Å². The molecule has 2 aliphatic rings. The molecular weight excluding hydrogens is 312 g/mol. The average Bonchev–Trinajstić information content (AvgIpc) is 3.40. The van der Waals surface area contributed by atoms with Crippen molar-refractivity contribution >= 4 is 11.9 Å². The van der Waals surface area contributed by atoms with Gasteiger partial charge in [-0.25, -0.2) is 4.79 Å². The first-order chi connectivity index (χ1) is 11.4. The third-order valence-electron chi connectivity index (χ3n) is 4.59. The fourth-order valence-electron chi connectivity index (χ4n) is 2.95. The van der Waals surface area contributed by atoms with E-state index in [9.17, 15) is 14.7 Å². The van der Waals surface area contributed by atoms with Gasteiger partial charge in [-0.15, -0.1) is 0 Å². The average molecular weight is 334 g/mol. The summed E-state index contributed by atoms with van der Waals surface area (Å²) in [6.45, 7) is 1.66. The Hall–Kier alpha value is -2.28. The maximum absolute atomic E-state index is 12.5.